The Morgan fingerprint density at radius 1 is 1.17 bits per heavy atom. The first kappa shape index (κ1) is 16.0. The number of amidine groups is 1. The van der Waals surface area contributed by atoms with Gasteiger partial charge in [-0.2, -0.15) is 13.2 Å². The van der Waals surface area contributed by atoms with E-state index in [0.29, 0.717) is 11.4 Å². The van der Waals surface area contributed by atoms with Gasteiger partial charge in [-0.05, 0) is 18.2 Å². The van der Waals surface area contributed by atoms with Crippen LogP contribution in [0.25, 0.3) is 0 Å². The van der Waals surface area contributed by atoms with Crippen molar-refractivity contribution in [2.75, 3.05) is 5.32 Å². The minimum Gasteiger partial charge on any atom is -0.343 e. The quantitative estimate of drug-likeness (QED) is 0.862. The number of fused-ring (bicyclic) bond motifs is 1. The maximum absolute atomic E-state index is 12.8. The van der Waals surface area contributed by atoms with Crippen molar-refractivity contribution < 1.29 is 13.2 Å². The molecular formula is C15H13F3N4O2. The first-order valence-corrected chi connectivity index (χ1v) is 6.99. The Bertz CT molecular complexity index is 970. The molecule has 2 heterocycles. The Hall–Kier alpha value is -2.84. The molecule has 126 valence electrons. The second-order valence-corrected chi connectivity index (χ2v) is 5.45. The number of nitrogens with one attached hydrogen (secondary N) is 1. The summed E-state index contributed by atoms with van der Waals surface area (Å²) in [4.78, 5) is 28.2. The molecule has 1 N–H and O–H groups in total. The van der Waals surface area contributed by atoms with Crippen LogP contribution in [0.3, 0.4) is 0 Å². The highest BCUT2D eigenvalue weighted by molar-refractivity contribution is 6.01. The molecule has 9 heteroatoms. The van der Waals surface area contributed by atoms with Crippen LogP contribution in [0.5, 0.6) is 0 Å². The second kappa shape index (κ2) is 5.36. The van der Waals surface area contributed by atoms with Gasteiger partial charge in [0.15, 0.2) is 0 Å². The lowest BCUT2D eigenvalue weighted by Gasteiger charge is -2.10. The SMILES string of the molecule is Cn1c2c(c(=O)n(C)c1=O)CC(Nc1cccc(C(F)(F)F)c1)=N2. The highest BCUT2D eigenvalue weighted by Crippen LogP contribution is 2.31. The maximum atomic E-state index is 12.8. The first-order chi connectivity index (χ1) is 11.2. The summed E-state index contributed by atoms with van der Waals surface area (Å²) in [5, 5.41) is 2.78. The third-order valence-corrected chi connectivity index (χ3v) is 3.79. The number of nitrogens with zero attached hydrogens (tertiary/aromatic N) is 3. The van der Waals surface area contributed by atoms with Crippen LogP contribution in [0, 0.1) is 0 Å². The molecule has 0 unspecified atom stereocenters. The molecule has 0 amide bonds. The molecule has 0 spiro atoms. The van der Waals surface area contributed by atoms with Crippen molar-refractivity contribution in [2.24, 2.45) is 19.1 Å². The summed E-state index contributed by atoms with van der Waals surface area (Å²) in [5.74, 6) is 0.528. The monoisotopic (exact) mass is 338 g/mol. The van der Waals surface area contributed by atoms with Crippen molar-refractivity contribution in [3.63, 3.8) is 0 Å². The second-order valence-electron chi connectivity index (χ2n) is 5.45. The first-order valence-electron chi connectivity index (χ1n) is 6.99. The molecule has 0 bridgehead atoms. The predicted octanol–water partition coefficient (Wildman–Crippen LogP) is 1.80. The van der Waals surface area contributed by atoms with Crippen molar-refractivity contribution >= 4 is 17.3 Å². The van der Waals surface area contributed by atoms with E-state index >= 15 is 0 Å². The summed E-state index contributed by atoms with van der Waals surface area (Å²) in [6, 6.07) is 4.68. The number of aliphatic imine (C=N–C) groups is 1. The van der Waals surface area contributed by atoms with Gasteiger partial charge >= 0.3 is 11.9 Å². The number of hydrogen-bond donors (Lipinski definition) is 1. The van der Waals surface area contributed by atoms with E-state index in [1.807, 2.05) is 0 Å². The zero-order valence-electron chi connectivity index (χ0n) is 12.8. The van der Waals surface area contributed by atoms with E-state index in [1.165, 1.54) is 30.8 Å². The Morgan fingerprint density at radius 2 is 1.88 bits per heavy atom. The third kappa shape index (κ3) is 2.61. The van der Waals surface area contributed by atoms with E-state index in [0.717, 1.165) is 16.7 Å². The van der Waals surface area contributed by atoms with Crippen molar-refractivity contribution in [2.45, 2.75) is 12.6 Å². The van der Waals surface area contributed by atoms with Gasteiger partial charge in [0, 0.05) is 26.2 Å². The maximum Gasteiger partial charge on any atom is 0.416 e. The topological polar surface area (TPSA) is 68.4 Å². The number of anilines is 1. The minimum atomic E-state index is -4.45. The van der Waals surface area contributed by atoms with Crippen LogP contribution in [-0.4, -0.2) is 15.0 Å². The lowest BCUT2D eigenvalue weighted by molar-refractivity contribution is -0.137. The van der Waals surface area contributed by atoms with Gasteiger partial charge in [-0.3, -0.25) is 13.9 Å². The van der Waals surface area contributed by atoms with Gasteiger partial charge in [0.05, 0.1) is 11.1 Å². The molecular weight excluding hydrogens is 325 g/mol. The van der Waals surface area contributed by atoms with E-state index in [1.54, 1.807) is 0 Å². The molecule has 3 rings (SSSR count). The molecule has 1 aliphatic heterocycles. The van der Waals surface area contributed by atoms with E-state index in [2.05, 4.69) is 10.3 Å². The van der Waals surface area contributed by atoms with Gasteiger partial charge in [-0.1, -0.05) is 6.07 Å². The fraction of sp³-hybridized carbons (Fsp3) is 0.267. The molecule has 1 aliphatic rings. The zero-order valence-corrected chi connectivity index (χ0v) is 12.8. The van der Waals surface area contributed by atoms with Gasteiger partial charge in [-0.15, -0.1) is 0 Å². The highest BCUT2D eigenvalue weighted by Gasteiger charge is 2.30. The summed E-state index contributed by atoms with van der Waals surface area (Å²) in [7, 11) is 2.85. The van der Waals surface area contributed by atoms with Crippen LogP contribution < -0.4 is 16.6 Å². The fourth-order valence-electron chi connectivity index (χ4n) is 2.55. The number of rotatable bonds is 1. The highest BCUT2D eigenvalue weighted by atomic mass is 19.4. The largest absolute Gasteiger partial charge is 0.416 e. The predicted molar refractivity (Wildman–Crippen MR) is 82.8 cm³/mol. The molecule has 0 saturated heterocycles. The zero-order chi connectivity index (χ0) is 17.6. The Kier molecular flexibility index (Phi) is 3.58. The number of aromatic nitrogens is 2. The standard InChI is InChI=1S/C15H13F3N4O2/c1-21-12-10(13(23)22(2)14(21)24)7-11(20-12)19-9-5-3-4-8(6-9)15(16,17)18/h3-6H,7H2,1-2H3,(H,19,20). The van der Waals surface area contributed by atoms with Crippen molar-refractivity contribution in [1.82, 2.24) is 9.13 Å². The van der Waals surface area contributed by atoms with E-state index < -0.39 is 23.0 Å². The van der Waals surface area contributed by atoms with Crippen LogP contribution in [0.4, 0.5) is 24.7 Å². The Labute approximate surface area is 133 Å². The summed E-state index contributed by atoms with van der Waals surface area (Å²) in [6.45, 7) is 0. The van der Waals surface area contributed by atoms with Crippen LogP contribution in [0.15, 0.2) is 38.8 Å². The molecule has 0 fully saturated rings. The number of alkyl halides is 3. The normalized spacial score (nSPS) is 13.6. The average Bonchev–Trinajstić information content (AvgIpc) is 2.94. The van der Waals surface area contributed by atoms with Gasteiger partial charge in [-0.25, -0.2) is 9.79 Å². The molecule has 0 saturated carbocycles. The number of hydrogen-bond acceptors (Lipinski definition) is 4. The fourth-order valence-corrected chi connectivity index (χ4v) is 2.55. The van der Waals surface area contributed by atoms with Crippen LogP contribution in [-0.2, 0) is 26.7 Å². The molecule has 0 atom stereocenters. The lowest BCUT2D eigenvalue weighted by Crippen LogP contribution is -2.38. The molecule has 24 heavy (non-hydrogen) atoms. The van der Waals surface area contributed by atoms with Crippen molar-refractivity contribution in [3.05, 3.63) is 56.2 Å². The van der Waals surface area contributed by atoms with Gasteiger partial charge in [0.1, 0.15) is 11.7 Å². The van der Waals surface area contributed by atoms with Crippen molar-refractivity contribution in [1.29, 1.82) is 0 Å². The van der Waals surface area contributed by atoms with Crippen LogP contribution in [0.2, 0.25) is 0 Å². The summed E-state index contributed by atoms with van der Waals surface area (Å²) in [5.41, 5.74) is -1.22. The summed E-state index contributed by atoms with van der Waals surface area (Å²) in [6.07, 6.45) is -4.33. The Balaban J connectivity index is 1.95. The van der Waals surface area contributed by atoms with Crippen LogP contribution >= 0.6 is 0 Å². The molecule has 2 aromatic rings. The smallest absolute Gasteiger partial charge is 0.343 e. The molecule has 1 aromatic heterocycles. The molecule has 6 nitrogen and oxygen atoms in total. The molecule has 1 aromatic carbocycles. The van der Waals surface area contributed by atoms with Gasteiger partial charge in [0.2, 0.25) is 0 Å². The van der Waals surface area contributed by atoms with Gasteiger partial charge in [0.25, 0.3) is 5.56 Å². The van der Waals surface area contributed by atoms with E-state index in [4.69, 9.17) is 0 Å². The van der Waals surface area contributed by atoms with Gasteiger partial charge < -0.3 is 5.32 Å². The third-order valence-electron chi connectivity index (χ3n) is 3.79. The van der Waals surface area contributed by atoms with Crippen molar-refractivity contribution in [3.8, 4) is 0 Å². The van der Waals surface area contributed by atoms with E-state index in [9.17, 15) is 22.8 Å². The summed E-state index contributed by atoms with van der Waals surface area (Å²) < 4.78 is 40.5. The summed E-state index contributed by atoms with van der Waals surface area (Å²) >= 11 is 0. The molecule has 0 aliphatic carbocycles. The Morgan fingerprint density at radius 3 is 2.54 bits per heavy atom. The minimum absolute atomic E-state index is 0.117. The average molecular weight is 338 g/mol. The number of benzene rings is 1. The molecule has 0 radical (unpaired) electrons. The lowest BCUT2D eigenvalue weighted by atomic mass is 10.2. The van der Waals surface area contributed by atoms with E-state index in [-0.39, 0.29) is 17.9 Å². The van der Waals surface area contributed by atoms with Crippen LogP contribution in [0.1, 0.15) is 11.1 Å². The number of halogens is 3.